The molecule has 31 heavy (non-hydrogen) atoms. The van der Waals surface area contributed by atoms with E-state index in [0.717, 1.165) is 34.7 Å². The van der Waals surface area contributed by atoms with E-state index in [2.05, 4.69) is 28.5 Å². The van der Waals surface area contributed by atoms with Crippen molar-refractivity contribution in [2.45, 2.75) is 32.2 Å². The Balaban J connectivity index is 1.35. The van der Waals surface area contributed by atoms with Gasteiger partial charge in [0, 0.05) is 25.3 Å². The molecule has 162 valence electrons. The maximum Gasteiger partial charge on any atom is 0.325 e. The zero-order chi connectivity index (χ0) is 22.0. The first-order valence-electron chi connectivity index (χ1n) is 10.8. The Morgan fingerprint density at radius 2 is 2.00 bits per heavy atom. The van der Waals surface area contributed by atoms with Crippen molar-refractivity contribution < 1.29 is 14.4 Å². The minimum atomic E-state index is -1.03. The van der Waals surface area contributed by atoms with Gasteiger partial charge in [-0.15, -0.1) is 0 Å². The summed E-state index contributed by atoms with van der Waals surface area (Å²) in [6, 6.07) is 15.4. The van der Waals surface area contributed by atoms with Gasteiger partial charge in [0.1, 0.15) is 12.1 Å². The van der Waals surface area contributed by atoms with Gasteiger partial charge < -0.3 is 15.5 Å². The third-order valence-corrected chi connectivity index (χ3v) is 6.18. The zero-order valence-electron chi connectivity index (χ0n) is 18.0. The number of carbonyl (C=O) groups is 3. The lowest BCUT2D eigenvalue weighted by atomic mass is 9.92. The highest BCUT2D eigenvalue weighted by Crippen LogP contribution is 2.41. The number of hydrogen-bond acceptors (Lipinski definition) is 4. The molecule has 7 heteroatoms. The number of aryl methyl sites for hydroxylation is 2. The molecule has 0 aromatic heterocycles. The van der Waals surface area contributed by atoms with Crippen LogP contribution in [-0.4, -0.2) is 48.9 Å². The first-order valence-corrected chi connectivity index (χ1v) is 10.8. The molecule has 0 radical (unpaired) electrons. The zero-order valence-corrected chi connectivity index (χ0v) is 18.0. The molecule has 4 rings (SSSR count). The van der Waals surface area contributed by atoms with Crippen molar-refractivity contribution in [1.29, 1.82) is 0 Å². The van der Waals surface area contributed by atoms with Crippen LogP contribution in [0.4, 0.5) is 10.5 Å². The van der Waals surface area contributed by atoms with Crippen LogP contribution in [0, 0.1) is 6.92 Å². The molecule has 0 saturated carbocycles. The average molecular weight is 421 g/mol. The van der Waals surface area contributed by atoms with Crippen molar-refractivity contribution in [2.24, 2.45) is 0 Å². The van der Waals surface area contributed by atoms with Crippen LogP contribution in [0.1, 0.15) is 30.0 Å². The molecule has 1 saturated heterocycles. The molecule has 1 heterocycles. The summed E-state index contributed by atoms with van der Waals surface area (Å²) >= 11 is 0. The fourth-order valence-electron chi connectivity index (χ4n) is 4.56. The summed E-state index contributed by atoms with van der Waals surface area (Å²) in [6.07, 6.45) is 1.25. The van der Waals surface area contributed by atoms with Crippen LogP contribution in [0.2, 0.25) is 0 Å². The number of nitrogens with one attached hydrogen (secondary N) is 2. The summed E-state index contributed by atoms with van der Waals surface area (Å²) in [4.78, 5) is 41.4. The molecule has 2 N–H and O–H groups in total. The summed E-state index contributed by atoms with van der Waals surface area (Å²) in [7, 11) is 0. The number of carbonyl (C=O) groups excluding carboxylic acids is 3. The number of hydrogen-bond donors (Lipinski definition) is 2. The maximum atomic E-state index is 13.1. The number of anilines is 1. The van der Waals surface area contributed by atoms with Gasteiger partial charge in [-0.25, -0.2) is 4.79 Å². The Morgan fingerprint density at radius 3 is 2.77 bits per heavy atom. The molecule has 0 bridgehead atoms. The van der Waals surface area contributed by atoms with E-state index in [0.29, 0.717) is 19.5 Å². The maximum absolute atomic E-state index is 13.1. The van der Waals surface area contributed by atoms with Gasteiger partial charge in [-0.2, -0.15) is 0 Å². The van der Waals surface area contributed by atoms with E-state index in [-0.39, 0.29) is 18.4 Å². The number of likely N-dealkylation sites (N-methyl/N-ethyl adjacent to an activating group) is 1. The van der Waals surface area contributed by atoms with Crippen molar-refractivity contribution in [3.63, 3.8) is 0 Å². The van der Waals surface area contributed by atoms with Crippen LogP contribution in [0.5, 0.6) is 0 Å². The quantitative estimate of drug-likeness (QED) is 0.674. The van der Waals surface area contributed by atoms with Crippen molar-refractivity contribution in [3.8, 4) is 0 Å². The van der Waals surface area contributed by atoms with E-state index < -0.39 is 11.6 Å². The van der Waals surface area contributed by atoms with E-state index in [1.54, 1.807) is 0 Å². The minimum absolute atomic E-state index is 0.273. The van der Waals surface area contributed by atoms with Crippen LogP contribution in [0.3, 0.4) is 0 Å². The second-order valence-electron chi connectivity index (χ2n) is 8.15. The molecule has 4 amide bonds. The van der Waals surface area contributed by atoms with Crippen molar-refractivity contribution >= 4 is 23.5 Å². The van der Waals surface area contributed by atoms with Crippen LogP contribution in [-0.2, 0) is 21.5 Å². The fraction of sp³-hybridized carbons (Fsp3) is 0.375. The number of imide groups is 1. The Kier molecular flexibility index (Phi) is 5.67. The Bertz CT molecular complexity index is 1020. The smallest absolute Gasteiger partial charge is 0.325 e. The molecule has 1 fully saturated rings. The van der Waals surface area contributed by atoms with Gasteiger partial charge in [0.15, 0.2) is 0 Å². The normalized spacial score (nSPS) is 19.5. The Labute approximate surface area is 182 Å². The van der Waals surface area contributed by atoms with Gasteiger partial charge in [0.25, 0.3) is 5.91 Å². The minimum Gasteiger partial charge on any atom is -0.370 e. The fourth-order valence-corrected chi connectivity index (χ4v) is 4.56. The van der Waals surface area contributed by atoms with Crippen molar-refractivity contribution in [3.05, 3.63) is 65.2 Å². The first kappa shape index (κ1) is 20.9. The Morgan fingerprint density at radius 1 is 1.19 bits per heavy atom. The van der Waals surface area contributed by atoms with E-state index in [1.807, 2.05) is 49.4 Å². The predicted molar refractivity (Wildman–Crippen MR) is 119 cm³/mol. The highest BCUT2D eigenvalue weighted by atomic mass is 16.2. The van der Waals surface area contributed by atoms with Crippen LogP contribution < -0.4 is 15.5 Å². The molecule has 7 nitrogen and oxygen atoms in total. The molecule has 1 atom stereocenters. The van der Waals surface area contributed by atoms with Gasteiger partial charge in [-0.1, -0.05) is 36.4 Å². The van der Waals surface area contributed by atoms with Gasteiger partial charge >= 0.3 is 6.03 Å². The summed E-state index contributed by atoms with van der Waals surface area (Å²) in [5.41, 5.74) is 3.16. The topological polar surface area (TPSA) is 81.8 Å². The van der Waals surface area contributed by atoms with Gasteiger partial charge in [-0.05, 0) is 55.5 Å². The number of nitrogens with zero attached hydrogens (tertiary/aromatic N) is 2. The standard InChI is InChI=1S/C24H28N4O3/c1-3-27(19-9-6-7-17(2)15-19)14-13-25-21(29)16-28-22(30)24(26-23(28)31)12-11-18-8-4-5-10-20(18)24/h4-10,15H,3,11-14,16H2,1-2H3,(H,25,29)(H,26,31)/t24-/m0/s1. The molecular weight excluding hydrogens is 392 g/mol. The summed E-state index contributed by atoms with van der Waals surface area (Å²) < 4.78 is 0. The lowest BCUT2D eigenvalue weighted by Gasteiger charge is -2.24. The summed E-state index contributed by atoms with van der Waals surface area (Å²) in [5.74, 6) is -0.681. The Hall–Kier alpha value is -3.35. The first-order chi connectivity index (χ1) is 14.9. The monoisotopic (exact) mass is 420 g/mol. The van der Waals surface area contributed by atoms with Crippen LogP contribution in [0.25, 0.3) is 0 Å². The molecular formula is C24H28N4O3. The van der Waals surface area contributed by atoms with Gasteiger partial charge in [0.2, 0.25) is 5.91 Å². The van der Waals surface area contributed by atoms with Crippen LogP contribution in [0.15, 0.2) is 48.5 Å². The molecule has 2 aliphatic rings. The third kappa shape index (κ3) is 3.87. The molecule has 1 aliphatic carbocycles. The predicted octanol–water partition coefficient (Wildman–Crippen LogP) is 2.33. The lowest BCUT2D eigenvalue weighted by Crippen LogP contribution is -2.44. The summed E-state index contributed by atoms with van der Waals surface area (Å²) in [6.45, 7) is 5.73. The average Bonchev–Trinajstić information content (AvgIpc) is 3.24. The largest absolute Gasteiger partial charge is 0.370 e. The highest BCUT2D eigenvalue weighted by Gasteiger charge is 2.55. The molecule has 2 aromatic carbocycles. The molecule has 1 spiro atoms. The number of urea groups is 1. The van der Waals surface area contributed by atoms with Crippen molar-refractivity contribution in [2.75, 3.05) is 31.1 Å². The number of rotatable bonds is 7. The van der Waals surface area contributed by atoms with Gasteiger partial charge in [0.05, 0.1) is 0 Å². The second kappa shape index (κ2) is 8.41. The van der Waals surface area contributed by atoms with E-state index in [9.17, 15) is 14.4 Å². The second-order valence-corrected chi connectivity index (χ2v) is 8.15. The van der Waals surface area contributed by atoms with Crippen molar-refractivity contribution in [1.82, 2.24) is 15.5 Å². The lowest BCUT2D eigenvalue weighted by molar-refractivity contribution is -0.135. The SMILES string of the molecule is CCN(CCNC(=O)CN1C(=O)N[C@]2(CCc3ccccc32)C1=O)c1cccc(C)c1. The summed E-state index contributed by atoms with van der Waals surface area (Å²) in [5, 5.41) is 5.69. The number of benzene rings is 2. The van der Waals surface area contributed by atoms with E-state index in [4.69, 9.17) is 0 Å². The molecule has 0 unspecified atom stereocenters. The van der Waals surface area contributed by atoms with E-state index in [1.165, 1.54) is 5.56 Å². The van der Waals surface area contributed by atoms with Gasteiger partial charge in [-0.3, -0.25) is 14.5 Å². The molecule has 1 aliphatic heterocycles. The number of amides is 4. The third-order valence-electron chi connectivity index (χ3n) is 6.18. The number of fused-ring (bicyclic) bond motifs is 2. The molecule has 2 aromatic rings. The highest BCUT2D eigenvalue weighted by molar-refractivity contribution is 6.09. The van der Waals surface area contributed by atoms with E-state index >= 15 is 0 Å². The van der Waals surface area contributed by atoms with Crippen LogP contribution >= 0.6 is 0 Å².